The molecule has 0 saturated carbocycles. The van der Waals surface area contributed by atoms with Crippen LogP contribution in [0.5, 0.6) is 0 Å². The fourth-order valence-electron chi connectivity index (χ4n) is 2.97. The van der Waals surface area contributed by atoms with Crippen molar-refractivity contribution in [1.82, 2.24) is 0 Å². The van der Waals surface area contributed by atoms with Crippen LogP contribution in [0.25, 0.3) is 0 Å². The van der Waals surface area contributed by atoms with Crippen LogP contribution in [0, 0.1) is 0 Å². The Morgan fingerprint density at radius 3 is 1.33 bits per heavy atom. The molecule has 0 aromatic heterocycles. The second-order valence-electron chi connectivity index (χ2n) is 5.68. The first kappa shape index (κ1) is 17.2. The molecule has 0 radical (unpaired) electrons. The molecular formula is C22H21PSe. The summed E-state index contributed by atoms with van der Waals surface area (Å²) in [6, 6.07) is 32.8. The Morgan fingerprint density at radius 2 is 1.04 bits per heavy atom. The Morgan fingerprint density at radius 1 is 0.708 bits per heavy atom. The van der Waals surface area contributed by atoms with E-state index in [0.717, 1.165) is 6.42 Å². The Bertz CT molecular complexity index is 749. The van der Waals surface area contributed by atoms with Gasteiger partial charge in [-0.3, -0.25) is 0 Å². The molecule has 0 heterocycles. The van der Waals surface area contributed by atoms with E-state index in [1.807, 2.05) is 0 Å². The van der Waals surface area contributed by atoms with Crippen LogP contribution in [0.3, 0.4) is 0 Å². The van der Waals surface area contributed by atoms with Gasteiger partial charge in [-0.2, -0.15) is 0 Å². The molecule has 3 aromatic rings. The third kappa shape index (κ3) is 3.40. The predicted octanol–water partition coefficient (Wildman–Crippen LogP) is 3.53. The summed E-state index contributed by atoms with van der Waals surface area (Å²) in [4.78, 5) is 0. The summed E-state index contributed by atoms with van der Waals surface area (Å²) in [5, 5.41) is 4.18. The quantitative estimate of drug-likeness (QED) is 0.458. The van der Waals surface area contributed by atoms with Crippen LogP contribution in [0.2, 0.25) is 0 Å². The van der Waals surface area contributed by atoms with Crippen LogP contribution >= 0.6 is 6.89 Å². The van der Waals surface area contributed by atoms with E-state index in [1.165, 1.54) is 20.3 Å². The first-order valence-electron chi connectivity index (χ1n) is 8.21. The van der Waals surface area contributed by atoms with E-state index in [-0.39, 0.29) is 0 Å². The van der Waals surface area contributed by atoms with Crippen molar-refractivity contribution >= 4 is 48.6 Å². The number of rotatable bonds is 5. The van der Waals surface area contributed by atoms with Crippen LogP contribution in [-0.2, 0) is 0 Å². The van der Waals surface area contributed by atoms with Crippen LogP contribution in [0.4, 0.5) is 0 Å². The van der Waals surface area contributed by atoms with E-state index in [2.05, 4.69) is 119 Å². The zero-order valence-electron chi connectivity index (χ0n) is 13.8. The van der Waals surface area contributed by atoms with E-state index >= 15 is 0 Å². The zero-order chi connectivity index (χ0) is 16.8. The summed E-state index contributed by atoms with van der Waals surface area (Å²) in [7, 11) is 0. The third-order valence-electron chi connectivity index (χ3n) is 4.18. The first-order chi connectivity index (χ1) is 11.8. The molecule has 0 unspecified atom stereocenters. The zero-order valence-corrected chi connectivity index (χ0v) is 16.4. The Kier molecular flexibility index (Phi) is 5.69. The van der Waals surface area contributed by atoms with Gasteiger partial charge in [-0.05, 0) is 0 Å². The standard InChI is InChI=1S/C22H21PSe/c1-2-22(24)18-23(19-12-6-3-7-13-19,20-14-8-4-9-15-20)21-16-10-5-11-17-21/h3-18H,2H2,1H3. The normalized spacial score (nSPS) is 11.0. The number of benzene rings is 3. The van der Waals surface area contributed by atoms with Crippen molar-refractivity contribution in [2.75, 3.05) is 0 Å². The topological polar surface area (TPSA) is 0 Å². The van der Waals surface area contributed by atoms with Gasteiger partial charge in [0.1, 0.15) is 0 Å². The monoisotopic (exact) mass is 396 g/mol. The van der Waals surface area contributed by atoms with Gasteiger partial charge in [0.2, 0.25) is 0 Å². The SMILES string of the molecule is CCC(=[Se])C=P(c1ccccc1)(c1ccccc1)c1ccccc1. The molecule has 3 rings (SSSR count). The molecule has 0 fully saturated rings. The second kappa shape index (κ2) is 7.95. The van der Waals surface area contributed by atoms with Gasteiger partial charge in [-0.1, -0.05) is 0 Å². The van der Waals surface area contributed by atoms with Crippen LogP contribution < -0.4 is 15.9 Å². The second-order valence-corrected chi connectivity index (χ2v) is 10.0. The van der Waals surface area contributed by atoms with Crippen LogP contribution in [0.15, 0.2) is 91.0 Å². The molecule has 0 nitrogen and oxygen atoms in total. The summed E-state index contributed by atoms with van der Waals surface area (Å²) in [6.45, 7) is 0.387. The average molecular weight is 395 g/mol. The average Bonchev–Trinajstić information content (AvgIpc) is 2.68. The molecule has 3 aromatic carbocycles. The van der Waals surface area contributed by atoms with Gasteiger partial charge in [0.25, 0.3) is 0 Å². The van der Waals surface area contributed by atoms with Crippen molar-refractivity contribution in [3.05, 3.63) is 91.0 Å². The number of hydrogen-bond acceptors (Lipinski definition) is 0. The Labute approximate surface area is 152 Å². The number of hydrogen-bond donors (Lipinski definition) is 0. The molecule has 0 amide bonds. The molecule has 0 atom stereocenters. The summed E-state index contributed by atoms with van der Waals surface area (Å²) in [5.74, 6) is 2.49. The molecule has 2 heteroatoms. The molecule has 0 aliphatic rings. The Balaban J connectivity index is 2.42. The van der Waals surface area contributed by atoms with Crippen LogP contribution in [0.1, 0.15) is 13.3 Å². The Hall–Kier alpha value is -1.65. The predicted molar refractivity (Wildman–Crippen MR) is 112 cm³/mol. The van der Waals surface area contributed by atoms with Crippen molar-refractivity contribution in [3.63, 3.8) is 0 Å². The minimum atomic E-state index is -1.82. The van der Waals surface area contributed by atoms with Gasteiger partial charge in [0, 0.05) is 0 Å². The molecular weight excluding hydrogens is 374 g/mol. The fraction of sp³-hybridized carbons (Fsp3) is 0.0909. The summed E-state index contributed by atoms with van der Waals surface area (Å²) >= 11 is 3.28. The van der Waals surface area contributed by atoms with E-state index in [0.29, 0.717) is 0 Å². The maximum absolute atomic E-state index is 3.28. The van der Waals surface area contributed by atoms with Crippen molar-refractivity contribution in [1.29, 1.82) is 0 Å². The van der Waals surface area contributed by atoms with Gasteiger partial charge in [-0.15, -0.1) is 0 Å². The first-order valence-corrected chi connectivity index (χ1v) is 10.9. The fourth-order valence-corrected chi connectivity index (χ4v) is 7.85. The summed E-state index contributed by atoms with van der Waals surface area (Å²) in [5.41, 5.74) is 0. The third-order valence-corrected chi connectivity index (χ3v) is 9.46. The van der Waals surface area contributed by atoms with Crippen molar-refractivity contribution < 1.29 is 0 Å². The van der Waals surface area contributed by atoms with Gasteiger partial charge in [0.15, 0.2) is 0 Å². The van der Waals surface area contributed by atoms with Crippen molar-refractivity contribution in [3.8, 4) is 0 Å². The van der Waals surface area contributed by atoms with Crippen molar-refractivity contribution in [2.24, 2.45) is 0 Å². The van der Waals surface area contributed by atoms with Crippen LogP contribution in [-0.4, -0.2) is 25.8 Å². The molecule has 24 heavy (non-hydrogen) atoms. The van der Waals surface area contributed by atoms with E-state index in [1.54, 1.807) is 0 Å². The molecule has 0 aliphatic heterocycles. The van der Waals surface area contributed by atoms with Crippen molar-refractivity contribution in [2.45, 2.75) is 13.3 Å². The molecule has 0 saturated heterocycles. The van der Waals surface area contributed by atoms with E-state index < -0.39 is 6.89 Å². The molecule has 0 N–H and O–H groups in total. The van der Waals surface area contributed by atoms with E-state index in [9.17, 15) is 0 Å². The minimum absolute atomic E-state index is 1.02. The maximum atomic E-state index is 3.28. The molecule has 0 spiro atoms. The van der Waals surface area contributed by atoms with Gasteiger partial charge in [0.05, 0.1) is 0 Å². The molecule has 120 valence electrons. The van der Waals surface area contributed by atoms with Gasteiger partial charge in [-0.25, -0.2) is 0 Å². The van der Waals surface area contributed by atoms with Gasteiger partial charge < -0.3 is 0 Å². The summed E-state index contributed by atoms with van der Waals surface area (Å²) < 4.78 is 1.32. The van der Waals surface area contributed by atoms with E-state index in [4.69, 9.17) is 0 Å². The molecule has 0 bridgehead atoms. The molecule has 0 aliphatic carbocycles. The summed E-state index contributed by atoms with van der Waals surface area (Å²) in [6.07, 6.45) is 1.02. The van der Waals surface area contributed by atoms with Gasteiger partial charge >= 0.3 is 153 Å².